The van der Waals surface area contributed by atoms with Crippen molar-refractivity contribution in [3.8, 4) is 0 Å². The van der Waals surface area contributed by atoms with Gasteiger partial charge in [0.05, 0.1) is 6.04 Å². The van der Waals surface area contributed by atoms with Gasteiger partial charge in [0.25, 0.3) is 0 Å². The number of hydrogen-bond donors (Lipinski definition) is 1. The molecule has 0 bridgehead atoms. The zero-order chi connectivity index (χ0) is 11.7. The van der Waals surface area contributed by atoms with E-state index in [0.29, 0.717) is 13.0 Å². The molecule has 0 aromatic heterocycles. The number of halogens is 2. The van der Waals surface area contributed by atoms with Crippen LogP contribution in [0.2, 0.25) is 0 Å². The summed E-state index contributed by atoms with van der Waals surface area (Å²) in [5, 5.41) is 2.86. The van der Waals surface area contributed by atoms with Crippen LogP contribution in [0.5, 0.6) is 0 Å². The van der Waals surface area contributed by atoms with Gasteiger partial charge in [-0.05, 0) is 25.6 Å². The van der Waals surface area contributed by atoms with Crippen molar-refractivity contribution in [3.63, 3.8) is 0 Å². The van der Waals surface area contributed by atoms with Gasteiger partial charge in [-0.3, -0.25) is 4.79 Å². The number of rotatable bonds is 2. The van der Waals surface area contributed by atoms with Crippen molar-refractivity contribution in [2.75, 3.05) is 18.5 Å². The normalized spacial score (nSPS) is 20.6. The third-order valence-corrected chi connectivity index (χ3v) is 2.71. The van der Waals surface area contributed by atoms with E-state index in [4.69, 9.17) is 0 Å². The topological polar surface area (TPSA) is 32.3 Å². The van der Waals surface area contributed by atoms with Gasteiger partial charge >= 0.3 is 0 Å². The molecule has 0 spiro atoms. The van der Waals surface area contributed by atoms with E-state index in [9.17, 15) is 13.6 Å². The molecule has 1 fully saturated rings. The van der Waals surface area contributed by atoms with Gasteiger partial charge in [-0.25, -0.2) is 8.78 Å². The second-order valence-electron chi connectivity index (χ2n) is 3.75. The van der Waals surface area contributed by atoms with Crippen LogP contribution in [0.4, 0.5) is 14.5 Å². The molecule has 1 aromatic rings. The molecule has 1 heterocycles. The van der Waals surface area contributed by atoms with E-state index in [-0.39, 0.29) is 17.6 Å². The number of carbonyl (C=O) groups is 1. The molecular weight excluding hydrogens is 214 g/mol. The first-order valence-corrected chi connectivity index (χ1v) is 5.06. The van der Waals surface area contributed by atoms with E-state index >= 15 is 0 Å². The molecule has 0 aliphatic carbocycles. The Labute approximate surface area is 92.1 Å². The maximum atomic E-state index is 13.0. The van der Waals surface area contributed by atoms with Crippen LogP contribution in [0, 0.1) is 11.6 Å². The van der Waals surface area contributed by atoms with Crippen LogP contribution in [-0.4, -0.2) is 25.5 Å². The summed E-state index contributed by atoms with van der Waals surface area (Å²) in [7, 11) is 1.69. The molecule has 1 N–H and O–H groups in total. The minimum absolute atomic E-state index is 0.146. The third-order valence-electron chi connectivity index (χ3n) is 2.71. The van der Waals surface area contributed by atoms with E-state index in [1.54, 1.807) is 7.05 Å². The molecule has 1 aliphatic heterocycles. The lowest BCUT2D eigenvalue weighted by Gasteiger charge is -2.16. The van der Waals surface area contributed by atoms with Crippen molar-refractivity contribution >= 4 is 11.6 Å². The molecule has 1 unspecified atom stereocenters. The number of benzene rings is 1. The molecule has 5 heteroatoms. The molecule has 1 saturated heterocycles. The number of amides is 1. The number of hydrogen-bond acceptors (Lipinski definition) is 2. The Bertz CT molecular complexity index is 402. The van der Waals surface area contributed by atoms with Crippen molar-refractivity contribution in [1.29, 1.82) is 0 Å². The molecule has 16 heavy (non-hydrogen) atoms. The number of nitrogens with one attached hydrogen (secondary N) is 1. The van der Waals surface area contributed by atoms with Crippen molar-refractivity contribution in [2.45, 2.75) is 12.5 Å². The fraction of sp³-hybridized carbons (Fsp3) is 0.364. The van der Waals surface area contributed by atoms with Crippen molar-refractivity contribution in [1.82, 2.24) is 5.32 Å². The molecular formula is C11H12F2N2O. The fourth-order valence-electron chi connectivity index (χ4n) is 1.90. The Morgan fingerprint density at radius 2 is 1.94 bits per heavy atom. The van der Waals surface area contributed by atoms with Crippen LogP contribution >= 0.6 is 0 Å². The molecule has 1 amide bonds. The highest BCUT2D eigenvalue weighted by Crippen LogP contribution is 2.23. The predicted molar refractivity (Wildman–Crippen MR) is 56.2 cm³/mol. The highest BCUT2D eigenvalue weighted by molar-refractivity contribution is 5.99. The molecule has 1 aromatic carbocycles. The average Bonchev–Trinajstić information content (AvgIpc) is 2.58. The zero-order valence-corrected chi connectivity index (χ0v) is 8.84. The smallest absolute Gasteiger partial charge is 0.244 e. The molecule has 1 aliphatic rings. The first kappa shape index (κ1) is 11.0. The molecule has 86 valence electrons. The minimum Gasteiger partial charge on any atom is -0.311 e. The van der Waals surface area contributed by atoms with Gasteiger partial charge in [0.1, 0.15) is 11.6 Å². The summed E-state index contributed by atoms with van der Waals surface area (Å²) in [5.74, 6) is -1.49. The SMILES string of the molecule is CNC1CCN(c2cc(F)cc(F)c2)C1=O. The van der Waals surface area contributed by atoms with Crippen LogP contribution in [0.25, 0.3) is 0 Å². The van der Waals surface area contributed by atoms with Crippen LogP contribution < -0.4 is 10.2 Å². The summed E-state index contributed by atoms with van der Waals surface area (Å²) < 4.78 is 26.0. The Morgan fingerprint density at radius 3 is 2.44 bits per heavy atom. The predicted octanol–water partition coefficient (Wildman–Crippen LogP) is 1.29. The van der Waals surface area contributed by atoms with E-state index in [1.807, 2.05) is 0 Å². The summed E-state index contributed by atoms with van der Waals surface area (Å²) in [6, 6.07) is 2.86. The third kappa shape index (κ3) is 1.90. The second kappa shape index (κ2) is 4.17. The lowest BCUT2D eigenvalue weighted by atomic mass is 10.2. The quantitative estimate of drug-likeness (QED) is 0.824. The summed E-state index contributed by atoms with van der Waals surface area (Å²) in [4.78, 5) is 13.2. The van der Waals surface area contributed by atoms with E-state index in [1.165, 1.54) is 17.0 Å². The van der Waals surface area contributed by atoms with E-state index in [0.717, 1.165) is 6.07 Å². The lowest BCUT2D eigenvalue weighted by molar-refractivity contribution is -0.118. The second-order valence-corrected chi connectivity index (χ2v) is 3.75. The molecule has 0 saturated carbocycles. The van der Waals surface area contributed by atoms with Crippen molar-refractivity contribution in [3.05, 3.63) is 29.8 Å². The standard InChI is InChI=1S/C11H12F2N2O/c1-14-10-2-3-15(11(10)16)9-5-7(12)4-8(13)6-9/h4-6,10,14H,2-3H2,1H3. The van der Waals surface area contributed by atoms with Gasteiger partial charge in [0.15, 0.2) is 0 Å². The minimum atomic E-state index is -0.671. The first-order chi connectivity index (χ1) is 7.61. The maximum absolute atomic E-state index is 13.0. The number of carbonyl (C=O) groups excluding carboxylic acids is 1. The summed E-state index contributed by atoms with van der Waals surface area (Å²) in [5.41, 5.74) is 0.278. The number of likely N-dealkylation sites (N-methyl/N-ethyl adjacent to an activating group) is 1. The van der Waals surface area contributed by atoms with Crippen LogP contribution in [0.3, 0.4) is 0 Å². The number of anilines is 1. The number of nitrogens with zero attached hydrogens (tertiary/aromatic N) is 1. The Morgan fingerprint density at radius 1 is 1.31 bits per heavy atom. The Hall–Kier alpha value is -1.49. The van der Waals surface area contributed by atoms with E-state index in [2.05, 4.69) is 5.32 Å². The summed E-state index contributed by atoms with van der Waals surface area (Å²) in [6.45, 7) is 0.479. The Balaban J connectivity index is 2.28. The lowest BCUT2D eigenvalue weighted by Crippen LogP contribution is -2.36. The van der Waals surface area contributed by atoms with Crippen LogP contribution in [-0.2, 0) is 4.79 Å². The summed E-state index contributed by atoms with van der Waals surface area (Å²) in [6.07, 6.45) is 0.646. The van der Waals surface area contributed by atoms with Gasteiger partial charge in [-0.1, -0.05) is 0 Å². The van der Waals surface area contributed by atoms with Gasteiger partial charge < -0.3 is 10.2 Å². The van der Waals surface area contributed by atoms with Gasteiger partial charge in [-0.2, -0.15) is 0 Å². The van der Waals surface area contributed by atoms with Crippen LogP contribution in [0.1, 0.15) is 6.42 Å². The summed E-state index contributed by atoms with van der Waals surface area (Å²) >= 11 is 0. The maximum Gasteiger partial charge on any atom is 0.244 e. The monoisotopic (exact) mass is 226 g/mol. The Kier molecular flexibility index (Phi) is 2.87. The molecule has 3 nitrogen and oxygen atoms in total. The largest absolute Gasteiger partial charge is 0.311 e. The fourth-order valence-corrected chi connectivity index (χ4v) is 1.90. The van der Waals surface area contributed by atoms with Crippen LogP contribution in [0.15, 0.2) is 18.2 Å². The van der Waals surface area contributed by atoms with Gasteiger partial charge in [0.2, 0.25) is 5.91 Å². The zero-order valence-electron chi connectivity index (χ0n) is 8.84. The van der Waals surface area contributed by atoms with Gasteiger partial charge in [0, 0.05) is 18.3 Å². The molecule has 2 rings (SSSR count). The van der Waals surface area contributed by atoms with Gasteiger partial charge in [-0.15, -0.1) is 0 Å². The highest BCUT2D eigenvalue weighted by atomic mass is 19.1. The van der Waals surface area contributed by atoms with Crippen molar-refractivity contribution < 1.29 is 13.6 Å². The average molecular weight is 226 g/mol. The molecule has 1 atom stereocenters. The highest BCUT2D eigenvalue weighted by Gasteiger charge is 2.31. The van der Waals surface area contributed by atoms with Crippen molar-refractivity contribution in [2.24, 2.45) is 0 Å². The van der Waals surface area contributed by atoms with E-state index < -0.39 is 11.6 Å². The molecule has 0 radical (unpaired) electrons. The first-order valence-electron chi connectivity index (χ1n) is 5.06.